The van der Waals surface area contributed by atoms with E-state index in [1.807, 2.05) is 4.57 Å². The minimum Gasteiger partial charge on any atom is -0.508 e. The molecule has 3 aromatic rings. The molecule has 1 aliphatic rings. The monoisotopic (exact) mass is 531 g/mol. The number of ether oxygens (including phenoxy) is 2. The number of aromatic nitrogens is 1. The first-order chi connectivity index (χ1) is 17.8. The minimum absolute atomic E-state index is 0.0390. The molecule has 0 fully saturated rings. The zero-order chi connectivity index (χ0) is 27.7. The molecule has 3 N–H and O–H groups in total. The van der Waals surface area contributed by atoms with Gasteiger partial charge in [0.15, 0.2) is 0 Å². The highest BCUT2D eigenvalue weighted by Crippen LogP contribution is 2.41. The Labute approximate surface area is 217 Å². The first-order valence-electron chi connectivity index (χ1n) is 12.0. The molecule has 0 saturated heterocycles. The van der Waals surface area contributed by atoms with Crippen molar-refractivity contribution >= 4 is 12.0 Å². The Morgan fingerprint density at radius 2 is 1.82 bits per heavy atom. The maximum Gasteiger partial charge on any atom is 0.573 e. The number of carbonyl (C=O) groups excluding carboxylic acids is 2. The molecule has 202 valence electrons. The molecule has 0 aliphatic carbocycles. The second kappa shape index (κ2) is 10.3. The number of phenols is 1. The fraction of sp³-hybridized carbons (Fsp3) is 0.333. The minimum atomic E-state index is -4.86. The summed E-state index contributed by atoms with van der Waals surface area (Å²) in [5.74, 6) is -0.689. The molecular formula is C27H28F3N3O5. The number of rotatable bonds is 6. The highest BCUT2D eigenvalue weighted by molar-refractivity contribution is 5.98. The molecule has 8 nitrogen and oxygen atoms in total. The third-order valence-electron chi connectivity index (χ3n) is 5.80. The van der Waals surface area contributed by atoms with Crippen LogP contribution in [0.2, 0.25) is 0 Å². The van der Waals surface area contributed by atoms with Crippen molar-refractivity contribution in [3.8, 4) is 33.9 Å². The molecule has 11 heteroatoms. The van der Waals surface area contributed by atoms with Crippen LogP contribution in [0.4, 0.5) is 18.0 Å². The third kappa shape index (κ3) is 6.39. The van der Waals surface area contributed by atoms with Crippen LogP contribution in [0.25, 0.3) is 22.4 Å². The SMILES string of the molecule is CC(C)(C)OC(=O)NCC[C@H]1CNC(=O)c2cc(-c3cccc(OC(F)(F)F)c3)c(-c3ccc(O)cc3)n21. The van der Waals surface area contributed by atoms with E-state index in [1.54, 1.807) is 45.0 Å². The van der Waals surface area contributed by atoms with E-state index in [0.717, 1.165) is 0 Å². The number of phenolic OH excluding ortho intramolecular Hbond substituents is 1. The lowest BCUT2D eigenvalue weighted by Crippen LogP contribution is -2.41. The van der Waals surface area contributed by atoms with Gasteiger partial charge in [-0.15, -0.1) is 13.2 Å². The van der Waals surface area contributed by atoms with Crippen LogP contribution in [-0.2, 0) is 4.74 Å². The van der Waals surface area contributed by atoms with Crippen LogP contribution in [0.3, 0.4) is 0 Å². The topological polar surface area (TPSA) is 102 Å². The molecule has 0 unspecified atom stereocenters. The summed E-state index contributed by atoms with van der Waals surface area (Å²) in [4.78, 5) is 25.0. The van der Waals surface area contributed by atoms with Gasteiger partial charge >= 0.3 is 12.5 Å². The summed E-state index contributed by atoms with van der Waals surface area (Å²) in [5, 5.41) is 15.4. The van der Waals surface area contributed by atoms with Gasteiger partial charge in [0.1, 0.15) is 22.8 Å². The summed E-state index contributed by atoms with van der Waals surface area (Å²) < 4.78 is 49.8. The summed E-state index contributed by atoms with van der Waals surface area (Å²) >= 11 is 0. The Balaban J connectivity index is 1.75. The van der Waals surface area contributed by atoms with Gasteiger partial charge in [-0.05, 0) is 80.8 Å². The summed E-state index contributed by atoms with van der Waals surface area (Å²) in [6.07, 6.45) is -4.99. The fourth-order valence-electron chi connectivity index (χ4n) is 4.35. The van der Waals surface area contributed by atoms with Crippen molar-refractivity contribution in [3.05, 3.63) is 60.3 Å². The normalized spacial score (nSPS) is 15.4. The lowest BCUT2D eigenvalue weighted by molar-refractivity contribution is -0.274. The Bertz CT molecular complexity index is 1330. The van der Waals surface area contributed by atoms with Gasteiger partial charge in [0.2, 0.25) is 0 Å². The molecule has 0 saturated carbocycles. The van der Waals surface area contributed by atoms with Crippen LogP contribution < -0.4 is 15.4 Å². The van der Waals surface area contributed by atoms with Crippen LogP contribution in [0.1, 0.15) is 43.7 Å². The number of fused-ring (bicyclic) bond motifs is 1. The van der Waals surface area contributed by atoms with Crippen LogP contribution in [0, 0.1) is 0 Å². The van der Waals surface area contributed by atoms with Gasteiger partial charge in [0, 0.05) is 18.7 Å². The fourth-order valence-corrected chi connectivity index (χ4v) is 4.35. The Morgan fingerprint density at radius 3 is 2.47 bits per heavy atom. The van der Waals surface area contributed by atoms with Crippen LogP contribution in [0.5, 0.6) is 11.5 Å². The molecule has 1 aliphatic heterocycles. The molecule has 2 heterocycles. The largest absolute Gasteiger partial charge is 0.573 e. The molecule has 4 rings (SSSR count). The third-order valence-corrected chi connectivity index (χ3v) is 5.80. The number of halogens is 3. The molecule has 1 aromatic heterocycles. The van der Waals surface area contributed by atoms with Crippen molar-refractivity contribution in [2.75, 3.05) is 13.1 Å². The van der Waals surface area contributed by atoms with Crippen molar-refractivity contribution in [2.24, 2.45) is 0 Å². The summed E-state index contributed by atoms with van der Waals surface area (Å²) in [7, 11) is 0. The molecule has 2 amide bonds. The maximum absolute atomic E-state index is 12.9. The quantitative estimate of drug-likeness (QED) is 0.383. The number of nitrogens with zero attached hydrogens (tertiary/aromatic N) is 1. The van der Waals surface area contributed by atoms with Gasteiger partial charge in [-0.2, -0.15) is 0 Å². The first-order valence-corrected chi connectivity index (χ1v) is 12.0. The van der Waals surface area contributed by atoms with E-state index in [0.29, 0.717) is 34.5 Å². The van der Waals surface area contributed by atoms with E-state index >= 15 is 0 Å². The van der Waals surface area contributed by atoms with Crippen LogP contribution in [0.15, 0.2) is 54.6 Å². The number of benzene rings is 2. The van der Waals surface area contributed by atoms with Crippen LogP contribution >= 0.6 is 0 Å². The summed E-state index contributed by atoms with van der Waals surface area (Å²) in [6.45, 7) is 5.81. The van der Waals surface area contributed by atoms with Crippen LogP contribution in [-0.4, -0.2) is 46.7 Å². The van der Waals surface area contributed by atoms with Crippen molar-refractivity contribution in [1.29, 1.82) is 0 Å². The summed E-state index contributed by atoms with van der Waals surface area (Å²) in [6, 6.07) is 13.2. The molecule has 1 atom stereocenters. The van der Waals surface area contributed by atoms with Gasteiger partial charge in [-0.1, -0.05) is 12.1 Å². The van der Waals surface area contributed by atoms with E-state index in [9.17, 15) is 27.9 Å². The standard InChI is InChI=1S/C27H28F3N3O5/c1-26(2,3)38-25(36)31-12-11-18-15-32-24(35)22-14-21(17-5-4-6-20(13-17)37-27(28,29)30)23(33(18)22)16-7-9-19(34)10-8-16/h4-10,13-14,18,34H,11-12,15H2,1-3H3,(H,31,36)(H,32,35)/t18-/m0/s1. The van der Waals surface area contributed by atoms with Gasteiger partial charge in [0.05, 0.1) is 11.7 Å². The Morgan fingerprint density at radius 1 is 1.11 bits per heavy atom. The first kappa shape index (κ1) is 26.9. The van der Waals surface area contributed by atoms with Crippen molar-refractivity contribution < 1.29 is 37.3 Å². The second-order valence-electron chi connectivity index (χ2n) is 9.87. The number of nitrogens with one attached hydrogen (secondary N) is 2. The molecule has 2 aromatic carbocycles. The van der Waals surface area contributed by atoms with Gasteiger partial charge in [0.25, 0.3) is 5.91 Å². The van der Waals surface area contributed by atoms with Gasteiger partial charge in [-0.3, -0.25) is 4.79 Å². The van der Waals surface area contributed by atoms with E-state index in [4.69, 9.17) is 4.74 Å². The van der Waals surface area contributed by atoms with Crippen molar-refractivity contribution in [3.63, 3.8) is 0 Å². The number of hydrogen-bond donors (Lipinski definition) is 3. The van der Waals surface area contributed by atoms with Gasteiger partial charge < -0.3 is 29.8 Å². The van der Waals surface area contributed by atoms with E-state index in [-0.39, 0.29) is 30.8 Å². The summed E-state index contributed by atoms with van der Waals surface area (Å²) in [5.41, 5.74) is 1.82. The molecule has 0 spiro atoms. The Hall–Kier alpha value is -4.15. The number of alkyl carbamates (subject to hydrolysis) is 1. The molecule has 38 heavy (non-hydrogen) atoms. The van der Waals surface area contributed by atoms with Crippen molar-refractivity contribution in [2.45, 2.75) is 45.2 Å². The van der Waals surface area contributed by atoms with E-state index in [2.05, 4.69) is 15.4 Å². The molecule has 0 radical (unpaired) electrons. The number of hydrogen-bond acceptors (Lipinski definition) is 5. The highest BCUT2D eigenvalue weighted by Gasteiger charge is 2.33. The number of aromatic hydroxyl groups is 1. The average molecular weight is 532 g/mol. The predicted molar refractivity (Wildman–Crippen MR) is 134 cm³/mol. The average Bonchev–Trinajstić information content (AvgIpc) is 3.21. The molecular weight excluding hydrogens is 503 g/mol. The molecule has 0 bridgehead atoms. The number of alkyl halides is 3. The lowest BCUT2D eigenvalue weighted by Gasteiger charge is -2.29. The maximum atomic E-state index is 12.9. The van der Waals surface area contributed by atoms with Crippen molar-refractivity contribution in [1.82, 2.24) is 15.2 Å². The lowest BCUT2D eigenvalue weighted by atomic mass is 10.0. The highest BCUT2D eigenvalue weighted by atomic mass is 19.4. The predicted octanol–water partition coefficient (Wildman–Crippen LogP) is 5.63. The van der Waals surface area contributed by atoms with Gasteiger partial charge in [-0.25, -0.2) is 4.79 Å². The number of carbonyl (C=O) groups is 2. The Kier molecular flexibility index (Phi) is 7.30. The van der Waals surface area contributed by atoms with E-state index in [1.165, 1.54) is 30.3 Å². The zero-order valence-corrected chi connectivity index (χ0v) is 21.1. The zero-order valence-electron chi connectivity index (χ0n) is 21.1. The smallest absolute Gasteiger partial charge is 0.508 e. The number of amides is 2. The van der Waals surface area contributed by atoms with E-state index < -0.39 is 23.8 Å². The second-order valence-corrected chi connectivity index (χ2v) is 9.87.